The smallest absolute Gasteiger partial charge is 0.155 e. The van der Waals surface area contributed by atoms with E-state index in [9.17, 15) is 0 Å². The van der Waals surface area contributed by atoms with Gasteiger partial charge in [-0.05, 0) is 38.8 Å². The highest BCUT2D eigenvalue weighted by Crippen LogP contribution is 2.42. The summed E-state index contributed by atoms with van der Waals surface area (Å²) in [4.78, 5) is 2.52. The highest BCUT2D eigenvalue weighted by molar-refractivity contribution is 5.01. The van der Waals surface area contributed by atoms with Gasteiger partial charge in [0.05, 0.1) is 6.61 Å². The molecule has 3 heteroatoms. The zero-order valence-electron chi connectivity index (χ0n) is 8.16. The van der Waals surface area contributed by atoms with Crippen LogP contribution in [0.4, 0.5) is 0 Å². The number of ether oxygens (including phenoxy) is 2. The zero-order valence-corrected chi connectivity index (χ0v) is 8.16. The lowest BCUT2D eigenvalue weighted by atomic mass is 9.76. The van der Waals surface area contributed by atoms with E-state index in [0.717, 1.165) is 19.1 Å². The molecule has 0 aromatic heterocycles. The highest BCUT2D eigenvalue weighted by Gasteiger charge is 2.51. The quantitative estimate of drug-likeness (QED) is 0.555. The minimum atomic E-state index is 0.0144. The molecule has 2 bridgehead atoms. The van der Waals surface area contributed by atoms with E-state index in [1.807, 2.05) is 6.92 Å². The Morgan fingerprint density at radius 3 is 2.54 bits per heavy atom. The molecule has 4 heterocycles. The molecule has 1 spiro atoms. The maximum atomic E-state index is 5.96. The molecule has 4 aliphatic heterocycles. The summed E-state index contributed by atoms with van der Waals surface area (Å²) in [6, 6.07) is 0. The van der Waals surface area contributed by atoms with Gasteiger partial charge in [-0.1, -0.05) is 0 Å². The van der Waals surface area contributed by atoms with E-state index in [-0.39, 0.29) is 11.9 Å². The Labute approximate surface area is 79.0 Å². The fourth-order valence-electron chi connectivity index (χ4n) is 3.08. The average molecular weight is 183 g/mol. The molecule has 0 saturated carbocycles. The number of hydrogen-bond acceptors (Lipinski definition) is 3. The van der Waals surface area contributed by atoms with Gasteiger partial charge in [0, 0.05) is 6.54 Å². The maximum absolute atomic E-state index is 5.96. The second-order valence-corrected chi connectivity index (χ2v) is 4.61. The van der Waals surface area contributed by atoms with Crippen LogP contribution in [0, 0.1) is 5.92 Å². The number of nitrogens with zero attached hydrogens (tertiary/aromatic N) is 1. The van der Waals surface area contributed by atoms with Crippen molar-refractivity contribution in [2.45, 2.75) is 31.7 Å². The molecule has 3 nitrogen and oxygen atoms in total. The van der Waals surface area contributed by atoms with E-state index in [0.29, 0.717) is 0 Å². The third kappa shape index (κ3) is 1.14. The Hall–Kier alpha value is -0.120. The fraction of sp³-hybridized carbons (Fsp3) is 1.00. The second kappa shape index (κ2) is 2.69. The Balaban J connectivity index is 1.83. The van der Waals surface area contributed by atoms with Crippen LogP contribution in [0.1, 0.15) is 19.8 Å². The lowest BCUT2D eigenvalue weighted by Gasteiger charge is -2.50. The topological polar surface area (TPSA) is 21.7 Å². The third-order valence-corrected chi connectivity index (χ3v) is 3.79. The molecule has 4 rings (SSSR count). The zero-order chi connectivity index (χ0) is 8.89. The summed E-state index contributed by atoms with van der Waals surface area (Å²) in [6.45, 7) is 6.46. The SMILES string of the molecule is C[C@@H]1OC[C@]2(CN3CCC2CC3)O1. The first-order valence-corrected chi connectivity index (χ1v) is 5.30. The van der Waals surface area contributed by atoms with E-state index in [4.69, 9.17) is 9.47 Å². The third-order valence-electron chi connectivity index (χ3n) is 3.79. The summed E-state index contributed by atoms with van der Waals surface area (Å²) in [5.74, 6) is 0.752. The van der Waals surface area contributed by atoms with E-state index in [1.165, 1.54) is 25.9 Å². The first-order chi connectivity index (χ1) is 6.28. The van der Waals surface area contributed by atoms with Crippen LogP contribution in [0.3, 0.4) is 0 Å². The molecule has 4 saturated heterocycles. The van der Waals surface area contributed by atoms with Crippen molar-refractivity contribution in [3.8, 4) is 0 Å². The summed E-state index contributed by atoms with van der Waals surface area (Å²) < 4.78 is 11.5. The van der Waals surface area contributed by atoms with Crippen LogP contribution in [-0.4, -0.2) is 43.0 Å². The number of hydrogen-bond donors (Lipinski definition) is 0. The van der Waals surface area contributed by atoms with E-state index >= 15 is 0 Å². The standard InChI is InChI=1S/C10H17NO2/c1-8-12-7-10(13-8)6-11-4-2-9(10)3-5-11/h8-9H,2-7H2,1H3/t8-,10+/m1/s1. The van der Waals surface area contributed by atoms with Gasteiger partial charge in [0.25, 0.3) is 0 Å². The first kappa shape index (κ1) is 8.21. The van der Waals surface area contributed by atoms with Gasteiger partial charge in [-0.3, -0.25) is 0 Å². The molecule has 13 heavy (non-hydrogen) atoms. The van der Waals surface area contributed by atoms with Gasteiger partial charge in [0.2, 0.25) is 0 Å². The van der Waals surface area contributed by atoms with Gasteiger partial charge in [0.1, 0.15) is 5.60 Å². The van der Waals surface area contributed by atoms with Crippen LogP contribution in [0.5, 0.6) is 0 Å². The molecule has 0 amide bonds. The van der Waals surface area contributed by atoms with Crippen LogP contribution in [0.25, 0.3) is 0 Å². The Morgan fingerprint density at radius 1 is 1.31 bits per heavy atom. The van der Waals surface area contributed by atoms with Crippen LogP contribution in [0.2, 0.25) is 0 Å². The molecular formula is C10H17NO2. The molecule has 74 valence electrons. The number of rotatable bonds is 0. The van der Waals surface area contributed by atoms with Gasteiger partial charge < -0.3 is 14.4 Å². The monoisotopic (exact) mass is 183 g/mol. The van der Waals surface area contributed by atoms with Gasteiger partial charge in [-0.2, -0.15) is 0 Å². The van der Waals surface area contributed by atoms with Gasteiger partial charge >= 0.3 is 0 Å². The highest BCUT2D eigenvalue weighted by atomic mass is 16.7. The average Bonchev–Trinajstić information content (AvgIpc) is 2.49. The minimum absolute atomic E-state index is 0.0144. The number of piperidine rings is 3. The normalized spacial score (nSPS) is 54.7. The Bertz CT molecular complexity index is 213. The Morgan fingerprint density at radius 2 is 2.08 bits per heavy atom. The molecule has 4 fully saturated rings. The van der Waals surface area contributed by atoms with Crippen molar-refractivity contribution < 1.29 is 9.47 Å². The van der Waals surface area contributed by atoms with Crippen LogP contribution in [-0.2, 0) is 9.47 Å². The summed E-state index contributed by atoms with van der Waals surface area (Å²) in [6.07, 6.45) is 2.62. The molecule has 0 radical (unpaired) electrons. The predicted molar refractivity (Wildman–Crippen MR) is 48.4 cm³/mol. The van der Waals surface area contributed by atoms with Crippen LogP contribution >= 0.6 is 0 Å². The molecule has 0 aromatic carbocycles. The van der Waals surface area contributed by atoms with E-state index < -0.39 is 0 Å². The molecule has 4 aliphatic rings. The van der Waals surface area contributed by atoms with E-state index in [1.54, 1.807) is 0 Å². The van der Waals surface area contributed by atoms with Gasteiger partial charge in [-0.25, -0.2) is 0 Å². The molecule has 0 N–H and O–H groups in total. The molecule has 0 aromatic rings. The molecule has 2 atom stereocenters. The van der Waals surface area contributed by atoms with Gasteiger partial charge in [-0.15, -0.1) is 0 Å². The van der Waals surface area contributed by atoms with Crippen molar-refractivity contribution in [2.24, 2.45) is 5.92 Å². The largest absolute Gasteiger partial charge is 0.350 e. The van der Waals surface area contributed by atoms with Gasteiger partial charge in [0.15, 0.2) is 6.29 Å². The van der Waals surface area contributed by atoms with Crippen molar-refractivity contribution in [3.05, 3.63) is 0 Å². The second-order valence-electron chi connectivity index (χ2n) is 4.61. The van der Waals surface area contributed by atoms with Crippen molar-refractivity contribution in [3.63, 3.8) is 0 Å². The fourth-order valence-corrected chi connectivity index (χ4v) is 3.08. The van der Waals surface area contributed by atoms with Crippen LogP contribution in [0.15, 0.2) is 0 Å². The lowest BCUT2D eigenvalue weighted by Crippen LogP contribution is -2.60. The van der Waals surface area contributed by atoms with Crippen LogP contribution < -0.4 is 0 Å². The van der Waals surface area contributed by atoms with E-state index in [2.05, 4.69) is 4.90 Å². The lowest BCUT2D eigenvalue weighted by molar-refractivity contribution is -0.145. The summed E-state index contributed by atoms with van der Waals surface area (Å²) >= 11 is 0. The molecule has 0 unspecified atom stereocenters. The maximum Gasteiger partial charge on any atom is 0.155 e. The summed E-state index contributed by atoms with van der Waals surface area (Å²) in [5.41, 5.74) is 0.0654. The first-order valence-electron chi connectivity index (χ1n) is 5.30. The van der Waals surface area contributed by atoms with Crippen molar-refractivity contribution in [1.29, 1.82) is 0 Å². The molecule has 0 aliphatic carbocycles. The number of fused-ring (bicyclic) bond motifs is 2. The van der Waals surface area contributed by atoms with Crippen molar-refractivity contribution >= 4 is 0 Å². The summed E-state index contributed by atoms with van der Waals surface area (Å²) in [5, 5.41) is 0. The minimum Gasteiger partial charge on any atom is -0.350 e. The Kier molecular flexibility index (Phi) is 1.70. The van der Waals surface area contributed by atoms with Crippen molar-refractivity contribution in [2.75, 3.05) is 26.2 Å². The van der Waals surface area contributed by atoms with Crippen molar-refractivity contribution in [1.82, 2.24) is 4.90 Å². The molecular weight excluding hydrogens is 166 g/mol. The summed E-state index contributed by atoms with van der Waals surface area (Å²) in [7, 11) is 0. The predicted octanol–water partition coefficient (Wildman–Crippen LogP) is 0.844.